The van der Waals surface area contributed by atoms with E-state index in [0.717, 1.165) is 26.0 Å². The van der Waals surface area contributed by atoms with Gasteiger partial charge in [-0.25, -0.2) is 0 Å². The molecule has 0 radical (unpaired) electrons. The molecule has 0 spiro atoms. The Balaban J connectivity index is 2.53. The maximum absolute atomic E-state index is 5.39. The van der Waals surface area contributed by atoms with Crippen LogP contribution >= 0.6 is 31.9 Å². The molecule has 1 heterocycles. The molecule has 3 nitrogen and oxygen atoms in total. The number of nitrogens with zero attached hydrogens (tertiary/aromatic N) is 1. The molecule has 2 aromatic rings. The minimum Gasteiger partial charge on any atom is -0.496 e. The molecule has 1 unspecified atom stereocenters. The summed E-state index contributed by atoms with van der Waals surface area (Å²) in [6.07, 6.45) is 1.82. The van der Waals surface area contributed by atoms with Gasteiger partial charge in [0.1, 0.15) is 5.75 Å². The van der Waals surface area contributed by atoms with Gasteiger partial charge in [0, 0.05) is 15.1 Å². The average molecular weight is 414 g/mol. The van der Waals surface area contributed by atoms with Crippen molar-refractivity contribution in [3.05, 3.63) is 55.7 Å². The van der Waals surface area contributed by atoms with Gasteiger partial charge in [0.2, 0.25) is 0 Å². The molecule has 0 aliphatic carbocycles. The van der Waals surface area contributed by atoms with E-state index >= 15 is 0 Å². The van der Waals surface area contributed by atoms with Crippen LogP contribution < -0.4 is 10.1 Å². The minimum atomic E-state index is 0.0251. The molecule has 0 aliphatic heterocycles. The Kier molecular flexibility index (Phi) is 5.41. The lowest BCUT2D eigenvalue weighted by atomic mass is 9.96. The van der Waals surface area contributed by atoms with Crippen molar-refractivity contribution in [2.45, 2.75) is 19.9 Å². The lowest BCUT2D eigenvalue weighted by Gasteiger charge is -2.21. The molecular weight excluding hydrogens is 396 g/mol. The first kappa shape index (κ1) is 16.5. The van der Waals surface area contributed by atoms with Crippen molar-refractivity contribution in [1.29, 1.82) is 0 Å². The second-order valence-corrected chi connectivity index (χ2v) is 6.69. The number of hydrogen-bond acceptors (Lipinski definition) is 3. The number of ether oxygens (including phenoxy) is 1. The lowest BCUT2D eigenvalue weighted by Crippen LogP contribution is -2.20. The van der Waals surface area contributed by atoms with E-state index in [2.05, 4.69) is 68.1 Å². The first-order valence-electron chi connectivity index (χ1n) is 6.61. The van der Waals surface area contributed by atoms with Crippen molar-refractivity contribution in [2.75, 3.05) is 14.2 Å². The van der Waals surface area contributed by atoms with Gasteiger partial charge in [0.05, 0.1) is 18.8 Å². The molecule has 0 saturated heterocycles. The van der Waals surface area contributed by atoms with E-state index in [9.17, 15) is 0 Å². The third-order valence-electron chi connectivity index (χ3n) is 3.49. The van der Waals surface area contributed by atoms with Crippen molar-refractivity contribution in [3.8, 4) is 5.75 Å². The summed E-state index contributed by atoms with van der Waals surface area (Å²) in [5, 5.41) is 3.35. The summed E-state index contributed by atoms with van der Waals surface area (Å²) < 4.78 is 7.32. The highest BCUT2D eigenvalue weighted by Gasteiger charge is 2.20. The van der Waals surface area contributed by atoms with Gasteiger partial charge in [-0.2, -0.15) is 0 Å². The third-order valence-corrected chi connectivity index (χ3v) is 4.56. The van der Waals surface area contributed by atoms with Crippen LogP contribution in [0.3, 0.4) is 0 Å². The lowest BCUT2D eigenvalue weighted by molar-refractivity contribution is 0.411. The number of pyridine rings is 1. The van der Waals surface area contributed by atoms with Crippen LogP contribution in [0.5, 0.6) is 5.75 Å². The summed E-state index contributed by atoms with van der Waals surface area (Å²) in [5.74, 6) is 0.911. The Morgan fingerprint density at radius 3 is 2.43 bits per heavy atom. The number of hydrogen-bond donors (Lipinski definition) is 1. The Bertz CT molecular complexity index is 659. The number of methoxy groups -OCH3 is 1. The van der Waals surface area contributed by atoms with Gasteiger partial charge in [-0.1, -0.05) is 6.07 Å². The van der Waals surface area contributed by atoms with Crippen LogP contribution in [0.15, 0.2) is 33.3 Å². The minimum absolute atomic E-state index is 0.0251. The summed E-state index contributed by atoms with van der Waals surface area (Å²) in [5.41, 5.74) is 4.46. The Labute approximate surface area is 142 Å². The maximum Gasteiger partial charge on any atom is 0.122 e. The second kappa shape index (κ2) is 6.90. The summed E-state index contributed by atoms with van der Waals surface area (Å²) in [4.78, 5) is 4.55. The van der Waals surface area contributed by atoms with E-state index in [4.69, 9.17) is 4.74 Å². The Hall–Kier alpha value is -0.910. The summed E-state index contributed by atoms with van der Waals surface area (Å²) in [6.45, 7) is 4.15. The zero-order valence-corrected chi connectivity index (χ0v) is 15.7. The van der Waals surface area contributed by atoms with Crippen molar-refractivity contribution in [3.63, 3.8) is 0 Å². The van der Waals surface area contributed by atoms with Crippen molar-refractivity contribution in [1.82, 2.24) is 10.3 Å². The SMILES string of the molecule is CNC(c1cc(C)c(OC)cc1C)c1ncc(Br)cc1Br. The third kappa shape index (κ3) is 3.47. The standard InChI is InChI=1S/C16H18Br2N2O/c1-9-6-14(21-4)10(2)5-12(9)15(19-3)16-13(18)7-11(17)8-20-16/h5-8,15,19H,1-4H3. The molecule has 21 heavy (non-hydrogen) atoms. The van der Waals surface area contributed by atoms with E-state index in [-0.39, 0.29) is 6.04 Å². The molecule has 0 bridgehead atoms. The number of benzene rings is 1. The first-order valence-corrected chi connectivity index (χ1v) is 8.19. The molecular formula is C16H18Br2N2O. The van der Waals surface area contributed by atoms with Gasteiger partial charge in [-0.15, -0.1) is 0 Å². The molecule has 0 fully saturated rings. The van der Waals surface area contributed by atoms with Crippen LogP contribution in [-0.2, 0) is 0 Å². The second-order valence-electron chi connectivity index (χ2n) is 4.92. The molecule has 112 valence electrons. The first-order chi connectivity index (χ1) is 9.97. The van der Waals surface area contributed by atoms with E-state index in [1.165, 1.54) is 11.1 Å². The van der Waals surface area contributed by atoms with Gasteiger partial charge in [0.15, 0.2) is 0 Å². The Morgan fingerprint density at radius 2 is 1.86 bits per heavy atom. The average Bonchev–Trinajstić information content (AvgIpc) is 2.45. The van der Waals surface area contributed by atoms with Gasteiger partial charge in [0.25, 0.3) is 0 Å². The van der Waals surface area contributed by atoms with Crippen LogP contribution in [0, 0.1) is 13.8 Å². The fourth-order valence-electron chi connectivity index (χ4n) is 2.42. The van der Waals surface area contributed by atoms with E-state index in [0.29, 0.717) is 0 Å². The van der Waals surface area contributed by atoms with Gasteiger partial charge >= 0.3 is 0 Å². The number of aryl methyl sites for hydroxylation is 2. The molecule has 1 atom stereocenters. The molecule has 0 saturated carbocycles. The van der Waals surface area contributed by atoms with Crippen molar-refractivity contribution in [2.24, 2.45) is 0 Å². The quantitative estimate of drug-likeness (QED) is 0.798. The van der Waals surface area contributed by atoms with Gasteiger partial charge in [-0.3, -0.25) is 4.98 Å². The predicted octanol–water partition coefficient (Wildman–Crippen LogP) is 4.54. The Morgan fingerprint density at radius 1 is 1.14 bits per heavy atom. The monoisotopic (exact) mass is 412 g/mol. The fourth-order valence-corrected chi connectivity index (χ4v) is 3.64. The molecule has 1 N–H and O–H groups in total. The van der Waals surface area contributed by atoms with Crippen molar-refractivity contribution >= 4 is 31.9 Å². The van der Waals surface area contributed by atoms with Crippen molar-refractivity contribution < 1.29 is 4.74 Å². The number of halogens is 2. The van der Waals surface area contributed by atoms with Gasteiger partial charge < -0.3 is 10.1 Å². The largest absolute Gasteiger partial charge is 0.496 e. The molecule has 0 amide bonds. The van der Waals surface area contributed by atoms with E-state index < -0.39 is 0 Å². The topological polar surface area (TPSA) is 34.1 Å². The number of aromatic nitrogens is 1. The summed E-state index contributed by atoms with van der Waals surface area (Å²) >= 11 is 7.04. The highest BCUT2D eigenvalue weighted by molar-refractivity contribution is 9.11. The normalized spacial score (nSPS) is 12.3. The highest BCUT2D eigenvalue weighted by Crippen LogP contribution is 2.33. The summed E-state index contributed by atoms with van der Waals surface area (Å²) in [6, 6.07) is 6.27. The predicted molar refractivity (Wildman–Crippen MR) is 93.0 cm³/mol. The summed E-state index contributed by atoms with van der Waals surface area (Å²) in [7, 11) is 3.64. The number of nitrogens with one attached hydrogen (secondary N) is 1. The smallest absolute Gasteiger partial charge is 0.122 e. The van der Waals surface area contributed by atoms with Gasteiger partial charge in [-0.05, 0) is 81.6 Å². The number of rotatable bonds is 4. The van der Waals surface area contributed by atoms with E-state index in [1.54, 1.807) is 7.11 Å². The van der Waals surface area contributed by atoms with Crippen LogP contribution in [0.1, 0.15) is 28.4 Å². The van der Waals surface area contributed by atoms with Crippen LogP contribution in [0.4, 0.5) is 0 Å². The molecule has 2 rings (SSSR count). The molecule has 5 heteroatoms. The zero-order chi connectivity index (χ0) is 15.6. The molecule has 1 aromatic heterocycles. The molecule has 1 aromatic carbocycles. The van der Waals surface area contributed by atoms with Crippen LogP contribution in [0.2, 0.25) is 0 Å². The van der Waals surface area contributed by atoms with Crippen LogP contribution in [-0.4, -0.2) is 19.1 Å². The fraction of sp³-hybridized carbons (Fsp3) is 0.312. The van der Waals surface area contributed by atoms with E-state index in [1.807, 2.05) is 19.3 Å². The highest BCUT2D eigenvalue weighted by atomic mass is 79.9. The maximum atomic E-state index is 5.39. The molecule has 0 aliphatic rings. The van der Waals surface area contributed by atoms with Crippen LogP contribution in [0.25, 0.3) is 0 Å². The zero-order valence-electron chi connectivity index (χ0n) is 12.5.